The Balaban J connectivity index is 1.49. The zero-order valence-electron chi connectivity index (χ0n) is 14.7. The van der Waals surface area contributed by atoms with Crippen molar-refractivity contribution in [3.8, 4) is 5.75 Å². The number of rotatable bonds is 4. The van der Waals surface area contributed by atoms with Gasteiger partial charge in [-0.1, -0.05) is 6.08 Å². The number of likely N-dealkylation sites (tertiary alicyclic amines) is 1. The molecule has 1 amide bonds. The van der Waals surface area contributed by atoms with Crippen LogP contribution in [0.2, 0.25) is 0 Å². The van der Waals surface area contributed by atoms with Gasteiger partial charge in [-0.15, -0.1) is 0 Å². The highest BCUT2D eigenvalue weighted by Gasteiger charge is 2.48. The summed E-state index contributed by atoms with van der Waals surface area (Å²) in [6.45, 7) is 2.91. The summed E-state index contributed by atoms with van der Waals surface area (Å²) >= 11 is 0. The molecule has 0 bridgehead atoms. The number of ether oxygens (including phenoxy) is 2. The second-order valence-electron chi connectivity index (χ2n) is 7.44. The fourth-order valence-electron chi connectivity index (χ4n) is 4.40. The number of carbonyl (C=O) groups is 1. The summed E-state index contributed by atoms with van der Waals surface area (Å²) in [7, 11) is 0. The molecule has 0 unspecified atom stereocenters. The Morgan fingerprint density at radius 2 is 2.40 bits per heavy atom. The lowest BCUT2D eigenvalue weighted by molar-refractivity contribution is -0.155. The van der Waals surface area contributed by atoms with Crippen LogP contribution >= 0.6 is 0 Å². The first-order valence-electron chi connectivity index (χ1n) is 9.40. The standard InChI is InChI=1S/C20H26N2O3/c23-19(16-5-1-2-6-16)22-11-8-18-20(14-22,9-4-12-24-18)15-25-17-7-3-10-21-13-17/h3,5,7,10,13,18H,1-2,4,6,8-9,11-12,14-15H2/t18-,20-/m1/s1. The Kier molecular flexibility index (Phi) is 4.75. The zero-order valence-corrected chi connectivity index (χ0v) is 14.7. The highest BCUT2D eigenvalue weighted by Crippen LogP contribution is 2.41. The van der Waals surface area contributed by atoms with Gasteiger partial charge in [-0.2, -0.15) is 0 Å². The van der Waals surface area contributed by atoms with E-state index in [2.05, 4.69) is 11.1 Å². The molecular formula is C20H26N2O3. The minimum absolute atomic E-state index is 0.110. The van der Waals surface area contributed by atoms with Crippen molar-refractivity contribution in [1.82, 2.24) is 9.88 Å². The summed E-state index contributed by atoms with van der Waals surface area (Å²) in [5.41, 5.74) is 0.889. The van der Waals surface area contributed by atoms with Gasteiger partial charge in [-0.05, 0) is 50.7 Å². The lowest BCUT2D eigenvalue weighted by Crippen LogP contribution is -2.58. The van der Waals surface area contributed by atoms with Crippen molar-refractivity contribution in [2.24, 2.45) is 5.41 Å². The first kappa shape index (κ1) is 16.6. The van der Waals surface area contributed by atoms with Gasteiger partial charge in [0.1, 0.15) is 5.75 Å². The van der Waals surface area contributed by atoms with E-state index < -0.39 is 0 Å². The SMILES string of the molecule is O=C(C1=CCCC1)N1CC[C@H]2OCCC[C@]2(COc2cccnc2)C1. The number of piperidine rings is 1. The third-order valence-corrected chi connectivity index (χ3v) is 5.75. The van der Waals surface area contributed by atoms with Crippen molar-refractivity contribution >= 4 is 5.91 Å². The van der Waals surface area contributed by atoms with Crippen LogP contribution in [0.3, 0.4) is 0 Å². The maximum atomic E-state index is 12.9. The first-order chi connectivity index (χ1) is 12.3. The molecule has 0 saturated carbocycles. The molecule has 0 spiro atoms. The van der Waals surface area contributed by atoms with Crippen LogP contribution in [0.1, 0.15) is 38.5 Å². The number of hydrogen-bond donors (Lipinski definition) is 0. The van der Waals surface area contributed by atoms with Gasteiger partial charge in [0.15, 0.2) is 0 Å². The fourth-order valence-corrected chi connectivity index (χ4v) is 4.40. The summed E-state index contributed by atoms with van der Waals surface area (Å²) in [5, 5.41) is 0. The number of fused-ring (bicyclic) bond motifs is 1. The average molecular weight is 342 g/mol. The molecule has 25 heavy (non-hydrogen) atoms. The Labute approximate surface area is 149 Å². The first-order valence-corrected chi connectivity index (χ1v) is 9.40. The van der Waals surface area contributed by atoms with E-state index in [9.17, 15) is 4.79 Å². The molecule has 2 atom stereocenters. The van der Waals surface area contributed by atoms with Gasteiger partial charge < -0.3 is 14.4 Å². The van der Waals surface area contributed by atoms with Crippen LogP contribution in [0.4, 0.5) is 0 Å². The molecule has 0 aromatic carbocycles. The second kappa shape index (κ2) is 7.16. The third-order valence-electron chi connectivity index (χ3n) is 5.75. The predicted octanol–water partition coefficient (Wildman–Crippen LogP) is 2.97. The summed E-state index contributed by atoms with van der Waals surface area (Å²) in [6, 6.07) is 3.81. The zero-order chi connectivity index (χ0) is 17.1. The van der Waals surface area contributed by atoms with Crippen LogP contribution in [0.25, 0.3) is 0 Å². The van der Waals surface area contributed by atoms with Crippen LogP contribution in [-0.2, 0) is 9.53 Å². The lowest BCUT2D eigenvalue weighted by atomic mass is 9.73. The van der Waals surface area contributed by atoms with Crippen LogP contribution in [0, 0.1) is 5.41 Å². The van der Waals surface area contributed by atoms with E-state index >= 15 is 0 Å². The lowest BCUT2D eigenvalue weighted by Gasteiger charge is -2.50. The molecule has 4 rings (SSSR count). The average Bonchev–Trinajstić information content (AvgIpc) is 3.21. The Hall–Kier alpha value is -1.88. The number of pyridine rings is 1. The number of nitrogens with zero attached hydrogens (tertiary/aromatic N) is 2. The summed E-state index contributed by atoms with van der Waals surface area (Å²) < 4.78 is 12.1. The molecule has 134 valence electrons. The van der Waals surface area contributed by atoms with E-state index in [1.807, 2.05) is 17.0 Å². The van der Waals surface area contributed by atoms with E-state index in [0.717, 1.165) is 69.5 Å². The van der Waals surface area contributed by atoms with Crippen LogP contribution < -0.4 is 4.74 Å². The number of carbonyl (C=O) groups excluding carboxylic acids is 1. The molecule has 5 heteroatoms. The van der Waals surface area contributed by atoms with Crippen molar-refractivity contribution in [2.45, 2.75) is 44.6 Å². The monoisotopic (exact) mass is 342 g/mol. The van der Waals surface area contributed by atoms with Crippen molar-refractivity contribution in [3.63, 3.8) is 0 Å². The number of allylic oxidation sites excluding steroid dienone is 1. The van der Waals surface area contributed by atoms with E-state index in [1.54, 1.807) is 12.4 Å². The Bertz CT molecular complexity index is 646. The van der Waals surface area contributed by atoms with Crippen molar-refractivity contribution < 1.29 is 14.3 Å². The normalized spacial score (nSPS) is 29.0. The quantitative estimate of drug-likeness (QED) is 0.844. The van der Waals surface area contributed by atoms with E-state index in [0.29, 0.717) is 6.61 Å². The molecule has 0 radical (unpaired) electrons. The van der Waals surface area contributed by atoms with Crippen LogP contribution in [0.15, 0.2) is 36.2 Å². The molecule has 2 fully saturated rings. The maximum absolute atomic E-state index is 12.9. The molecule has 1 aliphatic carbocycles. The van der Waals surface area contributed by atoms with Gasteiger partial charge in [0.2, 0.25) is 5.91 Å². The Morgan fingerprint density at radius 3 is 3.20 bits per heavy atom. The molecule has 0 N–H and O–H groups in total. The van der Waals surface area contributed by atoms with Crippen molar-refractivity contribution in [1.29, 1.82) is 0 Å². The molecule has 5 nitrogen and oxygen atoms in total. The maximum Gasteiger partial charge on any atom is 0.249 e. The van der Waals surface area contributed by atoms with E-state index in [1.165, 1.54) is 0 Å². The highest BCUT2D eigenvalue weighted by atomic mass is 16.5. The summed E-state index contributed by atoms with van der Waals surface area (Å²) in [6.07, 6.45) is 11.8. The summed E-state index contributed by atoms with van der Waals surface area (Å²) in [5.74, 6) is 1.01. The molecule has 3 aliphatic rings. The summed E-state index contributed by atoms with van der Waals surface area (Å²) in [4.78, 5) is 19.0. The number of aromatic nitrogens is 1. The van der Waals surface area contributed by atoms with Crippen LogP contribution in [-0.4, -0.2) is 48.2 Å². The number of amides is 1. The van der Waals surface area contributed by atoms with Gasteiger partial charge >= 0.3 is 0 Å². The van der Waals surface area contributed by atoms with E-state index in [4.69, 9.17) is 9.47 Å². The van der Waals surface area contributed by atoms with Gasteiger partial charge in [-0.25, -0.2) is 0 Å². The van der Waals surface area contributed by atoms with Gasteiger partial charge in [0, 0.05) is 36.9 Å². The smallest absolute Gasteiger partial charge is 0.249 e. The highest BCUT2D eigenvalue weighted by molar-refractivity contribution is 5.93. The van der Waals surface area contributed by atoms with Crippen LogP contribution in [0.5, 0.6) is 5.75 Å². The topological polar surface area (TPSA) is 51.7 Å². The third kappa shape index (κ3) is 3.43. The predicted molar refractivity (Wildman–Crippen MR) is 94.3 cm³/mol. The molecular weight excluding hydrogens is 316 g/mol. The van der Waals surface area contributed by atoms with E-state index in [-0.39, 0.29) is 17.4 Å². The minimum Gasteiger partial charge on any atom is -0.491 e. The molecule has 1 aromatic heterocycles. The molecule has 3 heterocycles. The fraction of sp³-hybridized carbons (Fsp3) is 0.600. The molecule has 2 aliphatic heterocycles. The minimum atomic E-state index is -0.110. The van der Waals surface area contributed by atoms with Crippen molar-refractivity contribution in [2.75, 3.05) is 26.3 Å². The Morgan fingerprint density at radius 1 is 1.44 bits per heavy atom. The molecule has 2 saturated heterocycles. The van der Waals surface area contributed by atoms with Gasteiger partial charge in [0.05, 0.1) is 18.9 Å². The molecule has 1 aromatic rings. The largest absolute Gasteiger partial charge is 0.491 e. The van der Waals surface area contributed by atoms with Gasteiger partial charge in [0.25, 0.3) is 0 Å². The van der Waals surface area contributed by atoms with Gasteiger partial charge in [-0.3, -0.25) is 9.78 Å². The second-order valence-corrected chi connectivity index (χ2v) is 7.44. The van der Waals surface area contributed by atoms with Crippen molar-refractivity contribution in [3.05, 3.63) is 36.2 Å². The number of hydrogen-bond acceptors (Lipinski definition) is 4.